The van der Waals surface area contributed by atoms with Gasteiger partial charge in [-0.05, 0) is 48.2 Å². The van der Waals surface area contributed by atoms with Gasteiger partial charge in [-0.15, -0.1) is 11.6 Å². The largest absolute Gasteiger partial charge is 0.485 e. The van der Waals surface area contributed by atoms with Crippen LogP contribution < -0.4 is 10.4 Å². The van der Waals surface area contributed by atoms with Crippen LogP contribution in [0.2, 0.25) is 0 Å². The van der Waals surface area contributed by atoms with Crippen molar-refractivity contribution >= 4 is 38.5 Å². The molecule has 3 aromatic rings. The van der Waals surface area contributed by atoms with Crippen molar-refractivity contribution in [1.82, 2.24) is 0 Å². The molecule has 25 heavy (non-hydrogen) atoms. The lowest BCUT2D eigenvalue weighted by molar-refractivity contribution is 0.203. The van der Waals surface area contributed by atoms with E-state index in [9.17, 15) is 9.18 Å². The van der Waals surface area contributed by atoms with Gasteiger partial charge in [0.15, 0.2) is 0 Å². The predicted molar refractivity (Wildman–Crippen MR) is 97.8 cm³/mol. The lowest BCUT2D eigenvalue weighted by Gasteiger charge is -2.16. The third kappa shape index (κ3) is 2.96. The molecule has 0 N–H and O–H groups in total. The van der Waals surface area contributed by atoms with Crippen molar-refractivity contribution in [2.45, 2.75) is 24.8 Å². The molecule has 1 aliphatic rings. The number of halogens is 3. The smallest absolute Gasteiger partial charge is 0.336 e. The summed E-state index contributed by atoms with van der Waals surface area (Å²) in [6.07, 6.45) is 1.07. The van der Waals surface area contributed by atoms with E-state index in [1.807, 2.05) is 0 Å². The molecule has 6 heteroatoms. The van der Waals surface area contributed by atoms with Crippen molar-refractivity contribution in [3.05, 3.63) is 73.8 Å². The second-order valence-electron chi connectivity index (χ2n) is 5.95. The maximum absolute atomic E-state index is 14.3. The molecule has 0 bridgehead atoms. The Kier molecular flexibility index (Phi) is 4.29. The van der Waals surface area contributed by atoms with E-state index < -0.39 is 5.63 Å². The lowest BCUT2D eigenvalue weighted by Crippen LogP contribution is -2.06. The molecule has 1 atom stereocenters. The van der Waals surface area contributed by atoms with Crippen molar-refractivity contribution in [1.29, 1.82) is 0 Å². The third-order valence-electron chi connectivity index (χ3n) is 4.45. The molecular formula is C19H13BrClFO3. The average molecular weight is 424 g/mol. The molecule has 0 fully saturated rings. The van der Waals surface area contributed by atoms with Crippen LogP contribution in [-0.4, -0.2) is 0 Å². The molecular weight excluding hydrogens is 411 g/mol. The van der Waals surface area contributed by atoms with E-state index >= 15 is 0 Å². The summed E-state index contributed by atoms with van der Waals surface area (Å²) in [5.74, 6) is 0.481. The molecule has 3 nitrogen and oxygen atoms in total. The SMILES string of the molecule is O=c1cc(CCl)c2ccc(OC3CCc4c(Br)ccc(F)c43)cc2o1. The van der Waals surface area contributed by atoms with E-state index in [4.69, 9.17) is 20.8 Å². The molecule has 0 saturated heterocycles. The number of benzene rings is 2. The van der Waals surface area contributed by atoms with Gasteiger partial charge in [0, 0.05) is 33.4 Å². The summed E-state index contributed by atoms with van der Waals surface area (Å²) < 4.78 is 26.4. The summed E-state index contributed by atoms with van der Waals surface area (Å²) in [6.45, 7) is 0. The van der Waals surface area contributed by atoms with Crippen molar-refractivity contribution in [3.63, 3.8) is 0 Å². The third-order valence-corrected chi connectivity index (χ3v) is 5.48. The van der Waals surface area contributed by atoms with Crippen LogP contribution in [0.3, 0.4) is 0 Å². The van der Waals surface area contributed by atoms with Crippen LogP contribution in [0, 0.1) is 5.82 Å². The summed E-state index contributed by atoms with van der Waals surface area (Å²) in [4.78, 5) is 11.6. The monoisotopic (exact) mass is 422 g/mol. The van der Waals surface area contributed by atoms with Gasteiger partial charge in [-0.2, -0.15) is 0 Å². The molecule has 1 heterocycles. The Morgan fingerprint density at radius 3 is 2.92 bits per heavy atom. The zero-order valence-corrected chi connectivity index (χ0v) is 15.4. The van der Waals surface area contributed by atoms with Gasteiger partial charge in [0.05, 0.1) is 0 Å². The molecule has 0 amide bonds. The molecule has 2 aromatic carbocycles. The Labute approximate surface area is 156 Å². The highest BCUT2D eigenvalue weighted by atomic mass is 79.9. The molecule has 0 saturated carbocycles. The summed E-state index contributed by atoms with van der Waals surface area (Å²) >= 11 is 9.35. The second-order valence-corrected chi connectivity index (χ2v) is 7.07. The minimum atomic E-state index is -0.457. The fourth-order valence-corrected chi connectivity index (χ4v) is 4.07. The van der Waals surface area contributed by atoms with Gasteiger partial charge >= 0.3 is 5.63 Å². The Balaban J connectivity index is 1.72. The topological polar surface area (TPSA) is 39.4 Å². The van der Waals surface area contributed by atoms with E-state index in [1.54, 1.807) is 24.3 Å². The quantitative estimate of drug-likeness (QED) is 0.412. The van der Waals surface area contributed by atoms with Gasteiger partial charge in [0.25, 0.3) is 0 Å². The maximum atomic E-state index is 14.3. The number of ether oxygens (including phenoxy) is 1. The van der Waals surface area contributed by atoms with Gasteiger partial charge in [-0.1, -0.05) is 15.9 Å². The van der Waals surface area contributed by atoms with Crippen LogP contribution in [0.1, 0.15) is 29.2 Å². The van der Waals surface area contributed by atoms with Crippen molar-refractivity contribution in [2.24, 2.45) is 0 Å². The van der Waals surface area contributed by atoms with Crippen LogP contribution in [0.5, 0.6) is 5.75 Å². The molecule has 1 aliphatic carbocycles. The molecule has 1 unspecified atom stereocenters. The molecule has 4 rings (SSSR count). The van der Waals surface area contributed by atoms with E-state index in [-0.39, 0.29) is 17.8 Å². The summed E-state index contributed by atoms with van der Waals surface area (Å²) in [7, 11) is 0. The van der Waals surface area contributed by atoms with Crippen LogP contribution in [-0.2, 0) is 12.3 Å². The minimum Gasteiger partial charge on any atom is -0.485 e. The highest BCUT2D eigenvalue weighted by Gasteiger charge is 2.29. The summed E-state index contributed by atoms with van der Waals surface area (Å²) in [5.41, 5.74) is 2.20. The predicted octanol–water partition coefficient (Wildman–Crippen LogP) is 5.50. The van der Waals surface area contributed by atoms with Crippen molar-refractivity contribution in [3.8, 4) is 5.75 Å². The second kappa shape index (κ2) is 6.46. The number of alkyl halides is 1. The summed E-state index contributed by atoms with van der Waals surface area (Å²) in [6, 6.07) is 9.78. The van der Waals surface area contributed by atoms with E-state index in [1.165, 1.54) is 12.1 Å². The van der Waals surface area contributed by atoms with Gasteiger partial charge in [-0.3, -0.25) is 0 Å². The van der Waals surface area contributed by atoms with E-state index in [2.05, 4.69) is 15.9 Å². The zero-order valence-electron chi connectivity index (χ0n) is 13.0. The zero-order chi connectivity index (χ0) is 17.6. The molecule has 0 spiro atoms. The summed E-state index contributed by atoms with van der Waals surface area (Å²) in [5, 5.41) is 0.766. The normalized spacial score (nSPS) is 16.2. The first-order chi connectivity index (χ1) is 12.1. The Hall–Kier alpha value is -1.85. The Morgan fingerprint density at radius 2 is 2.12 bits per heavy atom. The van der Waals surface area contributed by atoms with E-state index in [0.717, 1.165) is 21.8 Å². The van der Waals surface area contributed by atoms with Crippen LogP contribution >= 0.6 is 27.5 Å². The average Bonchev–Trinajstić information content (AvgIpc) is 3.02. The Bertz CT molecular complexity index is 1030. The van der Waals surface area contributed by atoms with E-state index in [0.29, 0.717) is 28.9 Å². The highest BCUT2D eigenvalue weighted by molar-refractivity contribution is 9.10. The number of hydrogen-bond donors (Lipinski definition) is 0. The number of hydrogen-bond acceptors (Lipinski definition) is 3. The van der Waals surface area contributed by atoms with Crippen LogP contribution in [0.15, 0.2) is 50.1 Å². The molecule has 1 aromatic heterocycles. The van der Waals surface area contributed by atoms with Crippen LogP contribution in [0.25, 0.3) is 11.0 Å². The maximum Gasteiger partial charge on any atom is 0.336 e. The Morgan fingerprint density at radius 1 is 1.28 bits per heavy atom. The van der Waals surface area contributed by atoms with Gasteiger partial charge in [0.2, 0.25) is 0 Å². The molecule has 128 valence electrons. The van der Waals surface area contributed by atoms with Gasteiger partial charge < -0.3 is 9.15 Å². The van der Waals surface area contributed by atoms with Crippen molar-refractivity contribution < 1.29 is 13.5 Å². The fourth-order valence-electron chi connectivity index (χ4n) is 3.31. The lowest BCUT2D eigenvalue weighted by atomic mass is 10.1. The fraction of sp³-hybridized carbons (Fsp3) is 0.211. The first-order valence-corrected chi connectivity index (χ1v) is 9.16. The van der Waals surface area contributed by atoms with Gasteiger partial charge in [0.1, 0.15) is 23.3 Å². The number of fused-ring (bicyclic) bond motifs is 2. The minimum absolute atomic E-state index is 0.220. The van der Waals surface area contributed by atoms with Gasteiger partial charge in [-0.25, -0.2) is 9.18 Å². The molecule has 0 radical (unpaired) electrons. The highest BCUT2D eigenvalue weighted by Crippen LogP contribution is 2.40. The van der Waals surface area contributed by atoms with Crippen LogP contribution in [0.4, 0.5) is 4.39 Å². The molecule has 0 aliphatic heterocycles. The first kappa shape index (κ1) is 16.6. The first-order valence-electron chi connectivity index (χ1n) is 7.83. The number of rotatable bonds is 3. The standard InChI is InChI=1S/C19H13BrClFO3/c20-14-4-5-15(22)19-13(14)3-6-16(19)24-11-1-2-12-10(9-21)7-18(23)25-17(12)8-11/h1-2,4-5,7-8,16H,3,6,9H2. The van der Waals surface area contributed by atoms with Crippen molar-refractivity contribution in [2.75, 3.05) is 0 Å².